The lowest BCUT2D eigenvalue weighted by molar-refractivity contribution is 0.173. The molecule has 0 saturated heterocycles. The van der Waals surface area contributed by atoms with Gasteiger partial charge in [-0.3, -0.25) is 5.32 Å². The average molecular weight is 304 g/mol. The second kappa shape index (κ2) is 31.6. The minimum atomic E-state index is -0.600. The standard InChI is InChI=1S/C12H23NO2.3C2H6/c1-3-5-8-11(4-2)12(15)13-9-6-7-10-14;3*1-2/h4-5,8,12-15H,3,6-7,9-10H2,1-2H3;3*1-2H3/b8-5-,11-4+;;;. The van der Waals surface area contributed by atoms with Gasteiger partial charge in [0.1, 0.15) is 6.23 Å². The van der Waals surface area contributed by atoms with Gasteiger partial charge >= 0.3 is 0 Å². The summed E-state index contributed by atoms with van der Waals surface area (Å²) < 4.78 is 0. The number of hydrogen-bond donors (Lipinski definition) is 3. The number of hydrogen-bond acceptors (Lipinski definition) is 3. The van der Waals surface area contributed by atoms with E-state index in [0.717, 1.165) is 31.4 Å². The van der Waals surface area contributed by atoms with Crippen LogP contribution in [0.15, 0.2) is 23.8 Å². The van der Waals surface area contributed by atoms with E-state index in [9.17, 15) is 5.11 Å². The summed E-state index contributed by atoms with van der Waals surface area (Å²) in [4.78, 5) is 0. The van der Waals surface area contributed by atoms with Crippen LogP contribution in [0.5, 0.6) is 0 Å². The van der Waals surface area contributed by atoms with Crippen LogP contribution in [0.25, 0.3) is 0 Å². The number of allylic oxidation sites excluding steroid dienone is 2. The van der Waals surface area contributed by atoms with Crippen LogP contribution in [0.4, 0.5) is 0 Å². The molecule has 0 bridgehead atoms. The van der Waals surface area contributed by atoms with Crippen LogP contribution >= 0.6 is 0 Å². The molecule has 0 amide bonds. The highest BCUT2D eigenvalue weighted by atomic mass is 16.3. The van der Waals surface area contributed by atoms with Gasteiger partial charge in [-0.05, 0) is 38.3 Å². The maximum absolute atomic E-state index is 9.74. The predicted molar refractivity (Wildman–Crippen MR) is 97.6 cm³/mol. The van der Waals surface area contributed by atoms with Crippen molar-refractivity contribution in [3.05, 3.63) is 23.8 Å². The van der Waals surface area contributed by atoms with Crippen molar-refractivity contribution in [3.8, 4) is 0 Å². The largest absolute Gasteiger partial charge is 0.396 e. The second-order valence-corrected chi connectivity index (χ2v) is 3.39. The third-order valence-electron chi connectivity index (χ3n) is 2.12. The highest BCUT2D eigenvalue weighted by Crippen LogP contribution is 2.03. The quantitative estimate of drug-likeness (QED) is 0.347. The van der Waals surface area contributed by atoms with Crippen molar-refractivity contribution in [1.82, 2.24) is 5.32 Å². The highest BCUT2D eigenvalue weighted by molar-refractivity contribution is 5.21. The smallest absolute Gasteiger partial charge is 0.130 e. The number of rotatable bonds is 8. The fraction of sp³-hybridized carbons (Fsp3) is 0.778. The molecule has 0 aromatic heterocycles. The lowest BCUT2D eigenvalue weighted by Gasteiger charge is -2.13. The van der Waals surface area contributed by atoms with Crippen molar-refractivity contribution >= 4 is 0 Å². The molecule has 0 spiro atoms. The summed E-state index contributed by atoms with van der Waals surface area (Å²) in [5.74, 6) is 0. The molecule has 0 aliphatic rings. The first-order chi connectivity index (χ1) is 10.3. The molecule has 0 saturated carbocycles. The molecular weight excluding hydrogens is 262 g/mol. The van der Waals surface area contributed by atoms with Gasteiger partial charge in [-0.1, -0.05) is 66.7 Å². The zero-order chi connectivity index (χ0) is 17.5. The SMILES string of the molecule is C/C=C(\C=C/CC)C(O)NCCCCO.CC.CC.CC. The van der Waals surface area contributed by atoms with Crippen molar-refractivity contribution in [3.63, 3.8) is 0 Å². The summed E-state index contributed by atoms with van der Waals surface area (Å²) in [7, 11) is 0. The first-order valence-electron chi connectivity index (χ1n) is 8.61. The lowest BCUT2D eigenvalue weighted by atomic mass is 10.2. The average Bonchev–Trinajstić information content (AvgIpc) is 2.58. The summed E-state index contributed by atoms with van der Waals surface area (Å²) in [6, 6.07) is 0. The summed E-state index contributed by atoms with van der Waals surface area (Å²) in [6.45, 7) is 16.9. The molecule has 3 nitrogen and oxygen atoms in total. The van der Waals surface area contributed by atoms with E-state index < -0.39 is 6.23 Å². The van der Waals surface area contributed by atoms with Crippen LogP contribution in [0.2, 0.25) is 0 Å². The first-order valence-corrected chi connectivity index (χ1v) is 8.61. The molecular formula is C18H41NO2. The normalized spacial score (nSPS) is 11.4. The van der Waals surface area contributed by atoms with E-state index in [4.69, 9.17) is 5.11 Å². The molecule has 0 heterocycles. The van der Waals surface area contributed by atoms with Crippen molar-refractivity contribution in [2.75, 3.05) is 13.2 Å². The Kier molecular flexibility index (Phi) is 43.0. The van der Waals surface area contributed by atoms with Gasteiger partial charge in [-0.25, -0.2) is 0 Å². The molecule has 0 aliphatic heterocycles. The van der Waals surface area contributed by atoms with Crippen molar-refractivity contribution < 1.29 is 10.2 Å². The molecule has 0 rings (SSSR count). The zero-order valence-corrected chi connectivity index (χ0v) is 15.7. The summed E-state index contributed by atoms with van der Waals surface area (Å²) in [5.41, 5.74) is 0.890. The number of aliphatic hydroxyl groups excluding tert-OH is 2. The Morgan fingerprint density at radius 3 is 1.95 bits per heavy atom. The van der Waals surface area contributed by atoms with Gasteiger partial charge in [-0.15, -0.1) is 0 Å². The van der Waals surface area contributed by atoms with E-state index in [1.165, 1.54) is 0 Å². The molecule has 0 radical (unpaired) electrons. The molecule has 130 valence electrons. The maximum Gasteiger partial charge on any atom is 0.130 e. The van der Waals surface area contributed by atoms with E-state index in [2.05, 4.69) is 12.2 Å². The first kappa shape index (κ1) is 28.5. The molecule has 21 heavy (non-hydrogen) atoms. The Labute approximate surface area is 134 Å². The van der Waals surface area contributed by atoms with Gasteiger partial charge in [0.25, 0.3) is 0 Å². The molecule has 3 N–H and O–H groups in total. The Hall–Kier alpha value is -0.640. The molecule has 0 aromatic rings. The Morgan fingerprint density at radius 1 is 1.05 bits per heavy atom. The van der Waals surface area contributed by atoms with E-state index >= 15 is 0 Å². The van der Waals surface area contributed by atoms with Gasteiger partial charge in [-0.2, -0.15) is 0 Å². The monoisotopic (exact) mass is 303 g/mol. The predicted octanol–water partition coefficient (Wildman–Crippen LogP) is 4.66. The van der Waals surface area contributed by atoms with E-state index in [-0.39, 0.29) is 6.61 Å². The minimum absolute atomic E-state index is 0.212. The van der Waals surface area contributed by atoms with Gasteiger partial charge in [0.15, 0.2) is 0 Å². The van der Waals surface area contributed by atoms with Gasteiger partial charge < -0.3 is 10.2 Å². The fourth-order valence-corrected chi connectivity index (χ4v) is 1.19. The third-order valence-corrected chi connectivity index (χ3v) is 2.12. The Bertz CT molecular complexity index is 201. The molecule has 1 atom stereocenters. The van der Waals surface area contributed by atoms with Crippen LogP contribution in [0.3, 0.4) is 0 Å². The van der Waals surface area contributed by atoms with Crippen molar-refractivity contribution in [1.29, 1.82) is 0 Å². The van der Waals surface area contributed by atoms with E-state index in [1.807, 2.05) is 66.7 Å². The topological polar surface area (TPSA) is 52.5 Å². The van der Waals surface area contributed by atoms with Crippen LogP contribution in [0, 0.1) is 0 Å². The summed E-state index contributed by atoms with van der Waals surface area (Å²) in [5, 5.41) is 21.3. The zero-order valence-electron chi connectivity index (χ0n) is 15.7. The van der Waals surface area contributed by atoms with Crippen molar-refractivity contribution in [2.24, 2.45) is 0 Å². The molecule has 0 aromatic carbocycles. The van der Waals surface area contributed by atoms with Crippen LogP contribution in [-0.2, 0) is 0 Å². The molecule has 0 fully saturated rings. The number of aliphatic hydroxyl groups is 2. The summed E-state index contributed by atoms with van der Waals surface area (Å²) in [6.07, 6.45) is 7.87. The van der Waals surface area contributed by atoms with Crippen molar-refractivity contribution in [2.45, 2.75) is 80.9 Å². The Balaban J connectivity index is -0.000000212. The fourth-order valence-electron chi connectivity index (χ4n) is 1.19. The summed E-state index contributed by atoms with van der Waals surface area (Å²) >= 11 is 0. The minimum Gasteiger partial charge on any atom is -0.396 e. The van der Waals surface area contributed by atoms with Crippen LogP contribution in [-0.4, -0.2) is 29.6 Å². The number of nitrogens with one attached hydrogen (secondary N) is 1. The molecule has 3 heteroatoms. The van der Waals surface area contributed by atoms with Crippen LogP contribution < -0.4 is 5.32 Å². The Morgan fingerprint density at radius 2 is 1.57 bits per heavy atom. The second-order valence-electron chi connectivity index (χ2n) is 3.39. The molecule has 1 unspecified atom stereocenters. The maximum atomic E-state index is 9.74. The van der Waals surface area contributed by atoms with Gasteiger partial charge in [0.05, 0.1) is 0 Å². The van der Waals surface area contributed by atoms with Gasteiger partial charge in [0, 0.05) is 6.61 Å². The third kappa shape index (κ3) is 24.7. The number of unbranched alkanes of at least 4 members (excludes halogenated alkanes) is 1. The lowest BCUT2D eigenvalue weighted by Crippen LogP contribution is -2.31. The van der Waals surface area contributed by atoms with E-state index in [0.29, 0.717) is 0 Å². The van der Waals surface area contributed by atoms with Gasteiger partial charge in [0.2, 0.25) is 0 Å². The highest BCUT2D eigenvalue weighted by Gasteiger charge is 2.04. The van der Waals surface area contributed by atoms with E-state index in [1.54, 1.807) is 0 Å². The van der Waals surface area contributed by atoms with Crippen LogP contribution in [0.1, 0.15) is 74.7 Å². The molecule has 0 aliphatic carbocycles.